The Morgan fingerprint density at radius 3 is 2.78 bits per heavy atom. The van der Waals surface area contributed by atoms with Gasteiger partial charge < -0.3 is 4.74 Å². The molecule has 1 heterocycles. The molecule has 1 aromatic heterocycles. The molecular weight excluding hydrogens is 332 g/mol. The molecule has 0 spiro atoms. The van der Waals surface area contributed by atoms with Crippen molar-refractivity contribution >= 4 is 44.2 Å². The third-order valence-electron chi connectivity index (χ3n) is 3.16. The van der Waals surface area contributed by atoms with Crippen LogP contribution < -0.4 is 10.1 Å². The summed E-state index contributed by atoms with van der Waals surface area (Å²) >= 11 is 7.36. The van der Waals surface area contributed by atoms with Gasteiger partial charge in [-0.15, -0.1) is 0 Å². The summed E-state index contributed by atoms with van der Waals surface area (Å²) in [5.41, 5.74) is 1.38. The molecule has 0 atom stereocenters. The van der Waals surface area contributed by atoms with Gasteiger partial charge in [0.05, 0.1) is 16.8 Å². The summed E-state index contributed by atoms with van der Waals surface area (Å²) in [4.78, 5) is 16.7. The number of hydrogen-bond acceptors (Lipinski definition) is 4. The second kappa shape index (κ2) is 6.98. The third-order valence-corrected chi connectivity index (χ3v) is 4.33. The third kappa shape index (κ3) is 3.81. The van der Waals surface area contributed by atoms with Gasteiger partial charge in [0.15, 0.2) is 5.13 Å². The molecule has 0 aliphatic carbocycles. The number of nitrogens with zero attached hydrogens (tertiary/aromatic N) is 1. The van der Waals surface area contributed by atoms with Crippen LogP contribution in [-0.2, 0) is 0 Å². The maximum absolute atomic E-state index is 12.3. The van der Waals surface area contributed by atoms with E-state index in [2.05, 4.69) is 10.3 Å². The second-order valence-corrected chi connectivity index (χ2v) is 6.43. The molecule has 1 amide bonds. The highest BCUT2D eigenvalue weighted by atomic mass is 35.5. The lowest BCUT2D eigenvalue weighted by molar-refractivity contribution is 0.102. The Labute approximate surface area is 143 Å². The van der Waals surface area contributed by atoms with Gasteiger partial charge in [0.2, 0.25) is 0 Å². The van der Waals surface area contributed by atoms with Crippen molar-refractivity contribution in [3.8, 4) is 5.75 Å². The van der Waals surface area contributed by atoms with Gasteiger partial charge in [-0.2, -0.15) is 0 Å². The Morgan fingerprint density at radius 2 is 2.04 bits per heavy atom. The highest BCUT2D eigenvalue weighted by Gasteiger charge is 2.10. The normalized spacial score (nSPS) is 10.7. The molecule has 6 heteroatoms. The zero-order chi connectivity index (χ0) is 16.2. The number of rotatable bonds is 5. The van der Waals surface area contributed by atoms with Gasteiger partial charge in [0.1, 0.15) is 5.75 Å². The standard InChI is InChI=1S/C17H15ClN2O2S/c1-2-9-22-13-6-3-11(4-7-13)16(21)20-17-19-14-8-5-12(18)10-15(14)23-17/h3-8,10H,2,9H2,1H3,(H,19,20,21). The van der Waals surface area contributed by atoms with Gasteiger partial charge in [0, 0.05) is 10.6 Å². The fraction of sp³-hybridized carbons (Fsp3) is 0.176. The van der Waals surface area contributed by atoms with Gasteiger partial charge >= 0.3 is 0 Å². The van der Waals surface area contributed by atoms with Gasteiger partial charge in [-0.3, -0.25) is 10.1 Å². The number of amides is 1. The highest BCUT2D eigenvalue weighted by Crippen LogP contribution is 2.28. The van der Waals surface area contributed by atoms with Crippen molar-refractivity contribution in [2.75, 3.05) is 11.9 Å². The Hall–Kier alpha value is -2.11. The van der Waals surface area contributed by atoms with Crippen LogP contribution in [0.5, 0.6) is 5.75 Å². The minimum absolute atomic E-state index is 0.197. The molecule has 4 nitrogen and oxygen atoms in total. The summed E-state index contributed by atoms with van der Waals surface area (Å²) in [6.45, 7) is 2.72. The summed E-state index contributed by atoms with van der Waals surface area (Å²) in [5, 5.41) is 4.02. The van der Waals surface area contributed by atoms with E-state index < -0.39 is 0 Å². The topological polar surface area (TPSA) is 51.2 Å². The molecule has 0 unspecified atom stereocenters. The first kappa shape index (κ1) is 15.8. The number of fused-ring (bicyclic) bond motifs is 1. The van der Waals surface area contributed by atoms with Crippen LogP contribution in [0, 0.1) is 0 Å². The monoisotopic (exact) mass is 346 g/mol. The van der Waals surface area contributed by atoms with Crippen LogP contribution in [0.2, 0.25) is 5.02 Å². The first-order valence-electron chi connectivity index (χ1n) is 7.26. The zero-order valence-corrected chi connectivity index (χ0v) is 14.1. The number of carbonyl (C=O) groups is 1. The van der Waals surface area contributed by atoms with Gasteiger partial charge in [-0.1, -0.05) is 29.9 Å². The van der Waals surface area contributed by atoms with E-state index in [4.69, 9.17) is 16.3 Å². The number of aromatic nitrogens is 1. The summed E-state index contributed by atoms with van der Waals surface area (Å²) < 4.78 is 6.45. The molecule has 0 saturated carbocycles. The van der Waals surface area contributed by atoms with Crippen molar-refractivity contribution in [3.63, 3.8) is 0 Å². The first-order chi connectivity index (χ1) is 11.2. The molecule has 118 valence electrons. The Bertz CT molecular complexity index is 830. The van der Waals surface area contributed by atoms with Crippen LogP contribution in [0.4, 0.5) is 5.13 Å². The first-order valence-corrected chi connectivity index (χ1v) is 8.45. The SMILES string of the molecule is CCCOc1ccc(C(=O)Nc2nc3ccc(Cl)cc3s2)cc1. The minimum Gasteiger partial charge on any atom is -0.494 e. The van der Waals surface area contributed by atoms with E-state index >= 15 is 0 Å². The van der Waals surface area contributed by atoms with Crippen LogP contribution in [0.15, 0.2) is 42.5 Å². The maximum Gasteiger partial charge on any atom is 0.257 e. The largest absolute Gasteiger partial charge is 0.494 e. The summed E-state index contributed by atoms with van der Waals surface area (Å²) in [5.74, 6) is 0.565. The van der Waals surface area contributed by atoms with Crippen molar-refractivity contribution in [2.24, 2.45) is 0 Å². The van der Waals surface area contributed by atoms with Crippen LogP contribution in [-0.4, -0.2) is 17.5 Å². The zero-order valence-electron chi connectivity index (χ0n) is 12.5. The van der Waals surface area contributed by atoms with Crippen LogP contribution >= 0.6 is 22.9 Å². The van der Waals surface area contributed by atoms with E-state index in [9.17, 15) is 4.79 Å². The smallest absolute Gasteiger partial charge is 0.257 e. The number of carbonyl (C=O) groups excluding carboxylic acids is 1. The number of thiazole rings is 1. The lowest BCUT2D eigenvalue weighted by Gasteiger charge is -2.05. The number of hydrogen-bond donors (Lipinski definition) is 1. The van der Waals surface area contributed by atoms with Crippen molar-refractivity contribution < 1.29 is 9.53 Å². The lowest BCUT2D eigenvalue weighted by atomic mass is 10.2. The van der Waals surface area contributed by atoms with Crippen LogP contribution in [0.1, 0.15) is 23.7 Å². The molecule has 0 aliphatic heterocycles. The second-order valence-electron chi connectivity index (χ2n) is 4.96. The number of benzene rings is 2. The summed E-state index contributed by atoms with van der Waals surface area (Å²) in [7, 11) is 0. The van der Waals surface area contributed by atoms with E-state index in [1.165, 1.54) is 11.3 Å². The lowest BCUT2D eigenvalue weighted by Crippen LogP contribution is -2.11. The average molecular weight is 347 g/mol. The van der Waals surface area contributed by atoms with E-state index in [0.717, 1.165) is 22.4 Å². The van der Waals surface area contributed by atoms with Crippen molar-refractivity contribution in [3.05, 3.63) is 53.1 Å². The van der Waals surface area contributed by atoms with Crippen molar-refractivity contribution in [2.45, 2.75) is 13.3 Å². The summed E-state index contributed by atoms with van der Waals surface area (Å²) in [6.07, 6.45) is 0.948. The average Bonchev–Trinajstić information content (AvgIpc) is 2.94. The van der Waals surface area contributed by atoms with Crippen LogP contribution in [0.25, 0.3) is 10.2 Å². The maximum atomic E-state index is 12.3. The van der Waals surface area contributed by atoms with E-state index in [-0.39, 0.29) is 5.91 Å². The molecule has 3 aromatic rings. The van der Waals surface area contributed by atoms with Gasteiger partial charge in [0.25, 0.3) is 5.91 Å². The molecule has 3 rings (SSSR count). The highest BCUT2D eigenvalue weighted by molar-refractivity contribution is 7.22. The Morgan fingerprint density at radius 1 is 1.26 bits per heavy atom. The van der Waals surface area contributed by atoms with Crippen molar-refractivity contribution in [1.82, 2.24) is 4.98 Å². The molecule has 1 N–H and O–H groups in total. The number of nitrogens with one attached hydrogen (secondary N) is 1. The molecular formula is C17H15ClN2O2S. The molecule has 0 fully saturated rings. The van der Waals surface area contributed by atoms with E-state index in [1.807, 2.05) is 19.1 Å². The number of halogens is 1. The summed E-state index contributed by atoms with van der Waals surface area (Å²) in [6, 6.07) is 12.5. The fourth-order valence-electron chi connectivity index (χ4n) is 2.04. The molecule has 0 aliphatic rings. The molecule has 0 radical (unpaired) electrons. The fourth-order valence-corrected chi connectivity index (χ4v) is 3.18. The van der Waals surface area contributed by atoms with E-state index in [0.29, 0.717) is 22.3 Å². The molecule has 0 bridgehead atoms. The minimum atomic E-state index is -0.197. The van der Waals surface area contributed by atoms with E-state index in [1.54, 1.807) is 30.3 Å². The van der Waals surface area contributed by atoms with Crippen molar-refractivity contribution in [1.29, 1.82) is 0 Å². The van der Waals surface area contributed by atoms with Crippen LogP contribution in [0.3, 0.4) is 0 Å². The quantitative estimate of drug-likeness (QED) is 0.708. The Balaban J connectivity index is 1.72. The van der Waals surface area contributed by atoms with Gasteiger partial charge in [-0.05, 0) is 48.9 Å². The van der Waals surface area contributed by atoms with Gasteiger partial charge in [-0.25, -0.2) is 4.98 Å². The number of ether oxygens (including phenoxy) is 1. The number of anilines is 1. The Kier molecular flexibility index (Phi) is 4.79. The predicted octanol–water partition coefficient (Wildman–Crippen LogP) is 4.99. The predicted molar refractivity (Wildman–Crippen MR) is 94.8 cm³/mol. The molecule has 0 saturated heterocycles. The molecule has 2 aromatic carbocycles. The molecule has 23 heavy (non-hydrogen) atoms.